The van der Waals surface area contributed by atoms with E-state index in [9.17, 15) is 4.79 Å². The number of aliphatic hydroxyl groups is 1. The highest BCUT2D eigenvalue weighted by atomic mass is 16.4. The van der Waals surface area contributed by atoms with E-state index in [2.05, 4.69) is 4.98 Å². The molecule has 1 heterocycles. The number of aliphatic hydroxyl groups excluding tert-OH is 1. The fourth-order valence-corrected chi connectivity index (χ4v) is 1.46. The lowest BCUT2D eigenvalue weighted by Crippen LogP contribution is -2.01. The number of nitrogens with zero attached hydrogens (tertiary/aromatic N) is 1. The number of para-hydroxylation sites is 1. The van der Waals surface area contributed by atoms with E-state index < -0.39 is 5.97 Å². The van der Waals surface area contributed by atoms with E-state index in [1.54, 1.807) is 18.2 Å². The van der Waals surface area contributed by atoms with Crippen LogP contribution in [-0.4, -0.2) is 21.2 Å². The number of benzene rings is 1. The maximum absolute atomic E-state index is 10.7. The number of hydrogen-bond donors (Lipinski definition) is 2. The summed E-state index contributed by atoms with van der Waals surface area (Å²) in [5.41, 5.74) is 1.17. The summed E-state index contributed by atoms with van der Waals surface area (Å²) in [4.78, 5) is 14.7. The highest BCUT2D eigenvalue weighted by Gasteiger charge is 2.07. The predicted molar refractivity (Wildman–Crippen MR) is 54.6 cm³/mol. The van der Waals surface area contributed by atoms with Gasteiger partial charge in [-0.25, -0.2) is 9.78 Å². The number of rotatable bonds is 2. The van der Waals surface area contributed by atoms with Crippen LogP contribution in [0.1, 0.15) is 16.1 Å². The lowest BCUT2D eigenvalue weighted by Gasteiger charge is -2.03. The highest BCUT2D eigenvalue weighted by Crippen LogP contribution is 2.17. The molecule has 2 aromatic rings. The van der Waals surface area contributed by atoms with Gasteiger partial charge in [0.15, 0.2) is 0 Å². The molecule has 0 bridgehead atoms. The fraction of sp³-hybridized carbons (Fsp3) is 0.0909. The first kappa shape index (κ1) is 9.61. The Morgan fingerprint density at radius 1 is 1.27 bits per heavy atom. The van der Waals surface area contributed by atoms with Gasteiger partial charge in [0, 0.05) is 10.9 Å². The van der Waals surface area contributed by atoms with Gasteiger partial charge >= 0.3 is 5.97 Å². The topological polar surface area (TPSA) is 70.4 Å². The van der Waals surface area contributed by atoms with Crippen molar-refractivity contribution in [3.63, 3.8) is 0 Å². The van der Waals surface area contributed by atoms with Crippen molar-refractivity contribution in [3.8, 4) is 0 Å². The molecule has 0 amide bonds. The average Bonchev–Trinajstić information content (AvgIpc) is 2.27. The molecule has 0 aliphatic rings. The molecule has 0 unspecified atom stereocenters. The van der Waals surface area contributed by atoms with Gasteiger partial charge in [0.05, 0.1) is 12.1 Å². The minimum Gasteiger partial charge on any atom is -0.477 e. The smallest absolute Gasteiger partial charge is 0.354 e. The summed E-state index contributed by atoms with van der Waals surface area (Å²) < 4.78 is 0. The minimum absolute atomic E-state index is 0.0107. The van der Waals surface area contributed by atoms with Crippen molar-refractivity contribution >= 4 is 16.9 Å². The number of fused-ring (bicyclic) bond motifs is 1. The van der Waals surface area contributed by atoms with Crippen LogP contribution in [0.25, 0.3) is 10.9 Å². The largest absolute Gasteiger partial charge is 0.477 e. The van der Waals surface area contributed by atoms with Crippen LogP contribution in [0.15, 0.2) is 30.3 Å². The molecule has 2 rings (SSSR count). The van der Waals surface area contributed by atoms with Crippen LogP contribution in [0.3, 0.4) is 0 Å². The molecule has 0 saturated carbocycles. The summed E-state index contributed by atoms with van der Waals surface area (Å²) in [5, 5.41) is 18.7. The van der Waals surface area contributed by atoms with Gasteiger partial charge in [0.2, 0.25) is 0 Å². The summed E-state index contributed by atoms with van der Waals surface area (Å²) in [6.45, 7) is -0.145. The Labute approximate surface area is 85.8 Å². The summed E-state index contributed by atoms with van der Waals surface area (Å²) in [6.07, 6.45) is 0. The van der Waals surface area contributed by atoms with Crippen LogP contribution in [-0.2, 0) is 6.61 Å². The lowest BCUT2D eigenvalue weighted by molar-refractivity contribution is 0.0691. The third-order valence-electron chi connectivity index (χ3n) is 2.19. The molecule has 4 heteroatoms. The van der Waals surface area contributed by atoms with Crippen LogP contribution >= 0.6 is 0 Å². The van der Waals surface area contributed by atoms with Gasteiger partial charge < -0.3 is 10.2 Å². The Morgan fingerprint density at radius 3 is 2.73 bits per heavy atom. The first-order chi connectivity index (χ1) is 7.22. The molecule has 0 atom stereocenters. The van der Waals surface area contributed by atoms with Crippen molar-refractivity contribution in [1.82, 2.24) is 4.98 Å². The zero-order valence-corrected chi connectivity index (χ0v) is 7.84. The monoisotopic (exact) mass is 203 g/mol. The minimum atomic E-state index is -1.07. The molecule has 4 nitrogen and oxygen atoms in total. The normalized spacial score (nSPS) is 10.5. The first-order valence-electron chi connectivity index (χ1n) is 4.45. The number of carbonyl (C=O) groups is 1. The van der Waals surface area contributed by atoms with Crippen LogP contribution in [0.4, 0.5) is 0 Å². The van der Waals surface area contributed by atoms with Crippen molar-refractivity contribution in [1.29, 1.82) is 0 Å². The Bertz CT molecular complexity index is 522. The zero-order valence-electron chi connectivity index (χ0n) is 7.84. The third-order valence-corrected chi connectivity index (χ3v) is 2.19. The number of pyridine rings is 1. The molecule has 1 aromatic heterocycles. The van der Waals surface area contributed by atoms with Crippen molar-refractivity contribution < 1.29 is 15.0 Å². The van der Waals surface area contributed by atoms with Crippen molar-refractivity contribution in [2.45, 2.75) is 6.61 Å². The van der Waals surface area contributed by atoms with E-state index >= 15 is 0 Å². The van der Waals surface area contributed by atoms with E-state index in [4.69, 9.17) is 10.2 Å². The highest BCUT2D eigenvalue weighted by molar-refractivity contribution is 5.90. The third kappa shape index (κ3) is 1.67. The molecule has 0 radical (unpaired) electrons. The van der Waals surface area contributed by atoms with Gasteiger partial charge in [-0.05, 0) is 6.07 Å². The van der Waals surface area contributed by atoms with Gasteiger partial charge in [-0.3, -0.25) is 0 Å². The molecule has 1 aromatic carbocycles. The molecule has 2 N–H and O–H groups in total. The fourth-order valence-electron chi connectivity index (χ4n) is 1.46. The number of carboxylic acid groups (broad SMARTS) is 1. The van der Waals surface area contributed by atoms with Crippen LogP contribution in [0.5, 0.6) is 0 Å². The van der Waals surface area contributed by atoms with E-state index in [-0.39, 0.29) is 12.3 Å². The van der Waals surface area contributed by atoms with Crippen LogP contribution in [0, 0.1) is 0 Å². The van der Waals surface area contributed by atoms with Gasteiger partial charge in [0.25, 0.3) is 0 Å². The summed E-state index contributed by atoms with van der Waals surface area (Å²) in [6, 6.07) is 8.49. The molecule has 0 fully saturated rings. The number of carboxylic acids is 1. The molecule has 0 spiro atoms. The van der Waals surface area contributed by atoms with Crippen molar-refractivity contribution in [2.24, 2.45) is 0 Å². The molecule has 15 heavy (non-hydrogen) atoms. The molecule has 0 aliphatic carbocycles. The number of aromatic carboxylic acids is 1. The SMILES string of the molecule is O=C(O)c1ccc2cccc(CO)c2n1. The second-order valence-electron chi connectivity index (χ2n) is 3.15. The predicted octanol–water partition coefficient (Wildman–Crippen LogP) is 1.43. The first-order valence-corrected chi connectivity index (χ1v) is 4.45. The number of aromatic nitrogens is 1. The van der Waals surface area contributed by atoms with E-state index in [1.165, 1.54) is 6.07 Å². The Balaban J connectivity index is 2.72. The average molecular weight is 203 g/mol. The second kappa shape index (κ2) is 3.67. The lowest BCUT2D eigenvalue weighted by atomic mass is 10.1. The van der Waals surface area contributed by atoms with Crippen LogP contribution < -0.4 is 0 Å². The summed E-state index contributed by atoms with van der Waals surface area (Å²) in [7, 11) is 0. The summed E-state index contributed by atoms with van der Waals surface area (Å²) >= 11 is 0. The molecular weight excluding hydrogens is 194 g/mol. The van der Waals surface area contributed by atoms with Gasteiger partial charge in [-0.15, -0.1) is 0 Å². The maximum Gasteiger partial charge on any atom is 0.354 e. The standard InChI is InChI=1S/C11H9NO3/c13-6-8-3-1-2-7-4-5-9(11(14)15)12-10(7)8/h1-5,13H,6H2,(H,14,15). The maximum atomic E-state index is 10.7. The van der Waals surface area contributed by atoms with E-state index in [0.717, 1.165) is 5.39 Å². The van der Waals surface area contributed by atoms with E-state index in [0.29, 0.717) is 11.1 Å². The quantitative estimate of drug-likeness (QED) is 0.774. The zero-order chi connectivity index (χ0) is 10.8. The van der Waals surface area contributed by atoms with Crippen LogP contribution in [0.2, 0.25) is 0 Å². The molecule has 76 valence electrons. The van der Waals surface area contributed by atoms with E-state index in [1.807, 2.05) is 6.07 Å². The Hall–Kier alpha value is -1.94. The molecular formula is C11H9NO3. The van der Waals surface area contributed by atoms with Gasteiger partial charge in [-0.1, -0.05) is 24.3 Å². The van der Waals surface area contributed by atoms with Crippen molar-refractivity contribution in [2.75, 3.05) is 0 Å². The Kier molecular flexibility index (Phi) is 2.35. The van der Waals surface area contributed by atoms with Gasteiger partial charge in [-0.2, -0.15) is 0 Å². The van der Waals surface area contributed by atoms with Crippen molar-refractivity contribution in [3.05, 3.63) is 41.6 Å². The Morgan fingerprint density at radius 2 is 2.07 bits per heavy atom. The second-order valence-corrected chi connectivity index (χ2v) is 3.15. The van der Waals surface area contributed by atoms with Gasteiger partial charge in [0.1, 0.15) is 5.69 Å². The molecule has 0 saturated heterocycles. The summed E-state index contributed by atoms with van der Waals surface area (Å²) in [5.74, 6) is -1.07. The number of hydrogen-bond acceptors (Lipinski definition) is 3. The molecule has 0 aliphatic heterocycles.